The SMILES string of the molecule is O=c1oc2cc(O[C@@H]3O[C@H](CO)[C@H](O)[C@H](O)[C@H]3O)c(O)cc2c2c1C1=C2CCCC1. The number of phenols is 1. The van der Waals surface area contributed by atoms with Crippen LogP contribution in [0.2, 0.25) is 0 Å². The Hall–Kier alpha value is -2.43. The number of benzene rings is 1. The maximum Gasteiger partial charge on any atom is 0.344 e. The number of aromatic hydroxyl groups is 1. The second-order valence-corrected chi connectivity index (χ2v) is 7.93. The molecule has 0 saturated carbocycles. The van der Waals surface area contributed by atoms with Gasteiger partial charge in [0.25, 0.3) is 0 Å². The average molecular weight is 418 g/mol. The molecule has 9 heteroatoms. The number of phenolic OH excluding ortho intramolecular Hbond substituents is 1. The van der Waals surface area contributed by atoms with Gasteiger partial charge in [0.1, 0.15) is 30.0 Å². The molecule has 0 amide bonds. The van der Waals surface area contributed by atoms with Gasteiger partial charge in [-0.2, -0.15) is 0 Å². The van der Waals surface area contributed by atoms with Crippen LogP contribution in [-0.2, 0) is 4.74 Å². The van der Waals surface area contributed by atoms with Gasteiger partial charge in [0.15, 0.2) is 11.5 Å². The highest BCUT2D eigenvalue weighted by Gasteiger charge is 2.45. The van der Waals surface area contributed by atoms with Crippen molar-refractivity contribution in [2.45, 2.75) is 56.4 Å². The second-order valence-electron chi connectivity index (χ2n) is 7.93. The minimum atomic E-state index is -1.63. The van der Waals surface area contributed by atoms with Crippen LogP contribution in [0.15, 0.2) is 21.3 Å². The monoisotopic (exact) mass is 418 g/mol. The fourth-order valence-corrected chi connectivity index (χ4v) is 4.58. The smallest absolute Gasteiger partial charge is 0.344 e. The number of aliphatic hydroxyl groups is 4. The van der Waals surface area contributed by atoms with Gasteiger partial charge >= 0.3 is 5.63 Å². The van der Waals surface area contributed by atoms with Crippen LogP contribution in [0, 0.1) is 0 Å². The van der Waals surface area contributed by atoms with Gasteiger partial charge in [-0.1, -0.05) is 0 Å². The summed E-state index contributed by atoms with van der Waals surface area (Å²) in [5.74, 6) is -0.396. The quantitative estimate of drug-likeness (QED) is 0.448. The van der Waals surface area contributed by atoms with Gasteiger partial charge in [-0.25, -0.2) is 4.79 Å². The molecule has 0 radical (unpaired) electrons. The molecule has 30 heavy (non-hydrogen) atoms. The van der Waals surface area contributed by atoms with E-state index >= 15 is 0 Å². The van der Waals surface area contributed by atoms with Crippen molar-refractivity contribution in [2.24, 2.45) is 0 Å². The first-order valence-electron chi connectivity index (χ1n) is 9.94. The zero-order valence-electron chi connectivity index (χ0n) is 15.9. The average Bonchev–Trinajstić information content (AvgIpc) is 2.71. The van der Waals surface area contributed by atoms with Crippen LogP contribution >= 0.6 is 0 Å². The third-order valence-corrected chi connectivity index (χ3v) is 6.15. The van der Waals surface area contributed by atoms with Gasteiger partial charge in [0, 0.05) is 17.0 Å². The molecule has 5 N–H and O–H groups in total. The van der Waals surface area contributed by atoms with Gasteiger partial charge in [0.2, 0.25) is 6.29 Å². The van der Waals surface area contributed by atoms with Gasteiger partial charge < -0.3 is 39.4 Å². The van der Waals surface area contributed by atoms with Crippen molar-refractivity contribution in [2.75, 3.05) is 6.61 Å². The topological polar surface area (TPSA) is 150 Å². The number of allylic oxidation sites excluding steroid dienone is 2. The number of hydrogen-bond donors (Lipinski definition) is 5. The lowest BCUT2D eigenvalue weighted by Crippen LogP contribution is -2.60. The third kappa shape index (κ3) is 2.78. The maximum atomic E-state index is 12.5. The Kier molecular flexibility index (Phi) is 4.60. The fraction of sp³-hybridized carbons (Fsp3) is 0.476. The molecule has 1 aliphatic heterocycles. The van der Waals surface area contributed by atoms with Crippen molar-refractivity contribution >= 4 is 22.1 Å². The summed E-state index contributed by atoms with van der Waals surface area (Å²) >= 11 is 0. The zero-order valence-corrected chi connectivity index (χ0v) is 15.9. The van der Waals surface area contributed by atoms with Crippen LogP contribution in [0.1, 0.15) is 36.8 Å². The van der Waals surface area contributed by atoms with E-state index in [9.17, 15) is 30.3 Å². The summed E-state index contributed by atoms with van der Waals surface area (Å²) in [6.07, 6.45) is -3.56. The molecule has 3 aliphatic rings. The molecule has 2 aromatic rings. The van der Waals surface area contributed by atoms with Crippen molar-refractivity contribution in [3.63, 3.8) is 0 Å². The number of fused-ring (bicyclic) bond motifs is 5. The summed E-state index contributed by atoms with van der Waals surface area (Å²) in [5.41, 5.74) is 3.35. The Labute approximate surface area is 170 Å². The summed E-state index contributed by atoms with van der Waals surface area (Å²) in [5, 5.41) is 50.3. The summed E-state index contributed by atoms with van der Waals surface area (Å²) < 4.78 is 16.3. The molecule has 1 saturated heterocycles. The normalized spacial score (nSPS) is 30.6. The summed E-state index contributed by atoms with van der Waals surface area (Å²) in [6, 6.07) is 2.77. The highest BCUT2D eigenvalue weighted by molar-refractivity contribution is 6.12. The van der Waals surface area contributed by atoms with Gasteiger partial charge in [0.05, 0.1) is 12.2 Å². The van der Waals surface area contributed by atoms with E-state index in [-0.39, 0.29) is 17.1 Å². The number of aliphatic hydroxyl groups excluding tert-OH is 4. The van der Waals surface area contributed by atoms with Crippen molar-refractivity contribution in [3.05, 3.63) is 33.7 Å². The van der Waals surface area contributed by atoms with E-state index in [0.29, 0.717) is 10.9 Å². The molecule has 1 aromatic heterocycles. The molecule has 5 rings (SSSR count). The molecule has 5 atom stereocenters. The molecule has 9 nitrogen and oxygen atoms in total. The van der Waals surface area contributed by atoms with E-state index in [1.54, 1.807) is 0 Å². The molecule has 0 spiro atoms. The molecule has 1 fully saturated rings. The Morgan fingerprint density at radius 3 is 2.40 bits per heavy atom. The largest absolute Gasteiger partial charge is 0.504 e. The molecule has 1 aromatic carbocycles. The molecule has 0 bridgehead atoms. The van der Waals surface area contributed by atoms with E-state index in [4.69, 9.17) is 13.9 Å². The maximum absolute atomic E-state index is 12.5. The minimum Gasteiger partial charge on any atom is -0.504 e. The first kappa shape index (κ1) is 19.5. The molecular weight excluding hydrogens is 396 g/mol. The summed E-state index contributed by atoms with van der Waals surface area (Å²) in [4.78, 5) is 12.5. The van der Waals surface area contributed by atoms with Crippen LogP contribution in [0.25, 0.3) is 22.1 Å². The lowest BCUT2D eigenvalue weighted by atomic mass is 9.72. The highest BCUT2D eigenvalue weighted by atomic mass is 16.7. The van der Waals surface area contributed by atoms with E-state index in [0.717, 1.165) is 42.4 Å². The van der Waals surface area contributed by atoms with Gasteiger partial charge in [-0.3, -0.25) is 0 Å². The van der Waals surface area contributed by atoms with Crippen LogP contribution in [0.5, 0.6) is 11.5 Å². The Morgan fingerprint density at radius 1 is 1.00 bits per heavy atom. The van der Waals surface area contributed by atoms with Crippen molar-refractivity contribution in [1.29, 1.82) is 0 Å². The van der Waals surface area contributed by atoms with Crippen LogP contribution < -0.4 is 10.4 Å². The van der Waals surface area contributed by atoms with E-state index in [2.05, 4.69) is 0 Å². The Balaban J connectivity index is 1.51. The predicted molar refractivity (Wildman–Crippen MR) is 104 cm³/mol. The number of hydrogen-bond acceptors (Lipinski definition) is 9. The zero-order chi connectivity index (χ0) is 21.2. The molecule has 2 heterocycles. The Morgan fingerprint density at radius 2 is 1.70 bits per heavy atom. The summed E-state index contributed by atoms with van der Waals surface area (Å²) in [6.45, 7) is -0.604. The lowest BCUT2D eigenvalue weighted by molar-refractivity contribution is -0.277. The lowest BCUT2D eigenvalue weighted by Gasteiger charge is -2.39. The minimum absolute atomic E-state index is 0.132. The van der Waals surface area contributed by atoms with E-state index in [1.165, 1.54) is 12.1 Å². The van der Waals surface area contributed by atoms with Crippen molar-refractivity contribution in [3.8, 4) is 11.5 Å². The Bertz CT molecular complexity index is 1100. The second kappa shape index (κ2) is 7.07. The summed E-state index contributed by atoms with van der Waals surface area (Å²) in [7, 11) is 0. The van der Waals surface area contributed by atoms with Gasteiger partial charge in [-0.05, 0) is 42.9 Å². The standard InChI is InChI=1S/C21H22O9/c22-7-14-17(24)18(25)19(26)21(30-14)29-13-6-12-10(5-11(13)23)15-8-3-1-2-4-9(8)16(15)20(27)28-12/h5-6,14,17-19,21-26H,1-4,7H2/t14-,17+,18+,19-,21-/m1/s1. The first-order valence-corrected chi connectivity index (χ1v) is 9.94. The first-order chi connectivity index (χ1) is 14.4. The van der Waals surface area contributed by atoms with Gasteiger partial charge in [-0.15, -0.1) is 0 Å². The van der Waals surface area contributed by atoms with Crippen molar-refractivity contribution in [1.82, 2.24) is 0 Å². The van der Waals surface area contributed by atoms with Crippen LogP contribution in [-0.4, -0.2) is 62.8 Å². The predicted octanol–water partition coefficient (Wildman–Crippen LogP) is 0.475. The molecule has 160 valence electrons. The molecular formula is C21H22O9. The van der Waals surface area contributed by atoms with Crippen LogP contribution in [0.4, 0.5) is 0 Å². The fourth-order valence-electron chi connectivity index (χ4n) is 4.58. The van der Waals surface area contributed by atoms with E-state index in [1.807, 2.05) is 0 Å². The number of ether oxygens (including phenoxy) is 2. The van der Waals surface area contributed by atoms with Crippen molar-refractivity contribution < 1.29 is 39.4 Å². The van der Waals surface area contributed by atoms with Crippen LogP contribution in [0.3, 0.4) is 0 Å². The third-order valence-electron chi connectivity index (χ3n) is 6.15. The number of rotatable bonds is 3. The molecule has 2 aliphatic carbocycles. The molecule has 0 unspecified atom stereocenters. The highest BCUT2D eigenvalue weighted by Crippen LogP contribution is 2.50. The van der Waals surface area contributed by atoms with E-state index < -0.39 is 42.9 Å².